The average molecular weight is 192 g/mol. The SMILES string of the molecule is CC1CCCC(Nn2cccc2)C1C. The Bertz CT molecular complexity index is 266. The first-order valence-electron chi connectivity index (χ1n) is 5.67. The summed E-state index contributed by atoms with van der Waals surface area (Å²) in [5.74, 6) is 1.64. The van der Waals surface area contributed by atoms with Gasteiger partial charge in [0, 0.05) is 18.4 Å². The third-order valence-corrected chi connectivity index (χ3v) is 3.63. The Morgan fingerprint density at radius 3 is 2.57 bits per heavy atom. The number of hydrogen-bond donors (Lipinski definition) is 1. The van der Waals surface area contributed by atoms with E-state index < -0.39 is 0 Å². The van der Waals surface area contributed by atoms with Crippen LogP contribution in [0.5, 0.6) is 0 Å². The fourth-order valence-electron chi connectivity index (χ4n) is 2.38. The molecule has 0 amide bonds. The van der Waals surface area contributed by atoms with Crippen LogP contribution < -0.4 is 5.43 Å². The molecule has 3 unspecified atom stereocenters. The highest BCUT2D eigenvalue weighted by molar-refractivity contribution is 4.97. The smallest absolute Gasteiger partial charge is 0.0452 e. The largest absolute Gasteiger partial charge is 0.323 e. The fraction of sp³-hybridized carbons (Fsp3) is 0.667. The normalized spacial score (nSPS) is 32.9. The van der Waals surface area contributed by atoms with Gasteiger partial charge in [-0.1, -0.05) is 26.7 Å². The molecule has 1 aromatic heterocycles. The zero-order valence-electron chi connectivity index (χ0n) is 9.11. The van der Waals surface area contributed by atoms with Gasteiger partial charge in [0.15, 0.2) is 0 Å². The monoisotopic (exact) mass is 192 g/mol. The van der Waals surface area contributed by atoms with Crippen LogP contribution in [0.15, 0.2) is 24.5 Å². The highest BCUT2D eigenvalue weighted by Crippen LogP contribution is 2.29. The minimum atomic E-state index is 0.645. The highest BCUT2D eigenvalue weighted by atomic mass is 15.4. The van der Waals surface area contributed by atoms with Crippen molar-refractivity contribution in [1.29, 1.82) is 0 Å². The number of nitrogens with zero attached hydrogens (tertiary/aromatic N) is 1. The van der Waals surface area contributed by atoms with E-state index in [4.69, 9.17) is 0 Å². The van der Waals surface area contributed by atoms with Crippen LogP contribution in [0, 0.1) is 11.8 Å². The third-order valence-electron chi connectivity index (χ3n) is 3.63. The summed E-state index contributed by atoms with van der Waals surface area (Å²) >= 11 is 0. The van der Waals surface area contributed by atoms with Crippen molar-refractivity contribution in [1.82, 2.24) is 4.68 Å². The van der Waals surface area contributed by atoms with Crippen molar-refractivity contribution in [2.45, 2.75) is 39.2 Å². The summed E-state index contributed by atoms with van der Waals surface area (Å²) in [5.41, 5.74) is 3.56. The van der Waals surface area contributed by atoms with E-state index >= 15 is 0 Å². The maximum absolute atomic E-state index is 3.56. The molecule has 1 saturated carbocycles. The number of nitrogens with one attached hydrogen (secondary N) is 1. The molecule has 2 heteroatoms. The molecule has 3 atom stereocenters. The summed E-state index contributed by atoms with van der Waals surface area (Å²) in [6.07, 6.45) is 8.22. The first-order chi connectivity index (χ1) is 6.77. The molecule has 2 nitrogen and oxygen atoms in total. The Morgan fingerprint density at radius 1 is 1.14 bits per heavy atom. The second-order valence-corrected chi connectivity index (χ2v) is 4.59. The summed E-state index contributed by atoms with van der Waals surface area (Å²) in [4.78, 5) is 0. The van der Waals surface area contributed by atoms with Crippen LogP contribution in [-0.2, 0) is 0 Å². The molecule has 1 aliphatic carbocycles. The van der Waals surface area contributed by atoms with Crippen molar-refractivity contribution >= 4 is 0 Å². The maximum Gasteiger partial charge on any atom is 0.0452 e. The van der Waals surface area contributed by atoms with Gasteiger partial charge in [0.1, 0.15) is 0 Å². The van der Waals surface area contributed by atoms with E-state index in [2.05, 4.69) is 48.5 Å². The molecule has 1 aliphatic rings. The van der Waals surface area contributed by atoms with Gasteiger partial charge in [-0.25, -0.2) is 0 Å². The van der Waals surface area contributed by atoms with E-state index in [1.54, 1.807) is 0 Å². The fourth-order valence-corrected chi connectivity index (χ4v) is 2.38. The van der Waals surface area contributed by atoms with E-state index in [0.717, 1.165) is 11.8 Å². The van der Waals surface area contributed by atoms with Crippen LogP contribution in [-0.4, -0.2) is 10.7 Å². The number of aromatic nitrogens is 1. The Morgan fingerprint density at radius 2 is 1.86 bits per heavy atom. The van der Waals surface area contributed by atoms with Crippen molar-refractivity contribution in [3.05, 3.63) is 24.5 Å². The molecule has 1 aromatic rings. The summed E-state index contributed by atoms with van der Waals surface area (Å²) < 4.78 is 2.08. The van der Waals surface area contributed by atoms with Gasteiger partial charge < -0.3 is 5.43 Å². The summed E-state index contributed by atoms with van der Waals surface area (Å²) in [7, 11) is 0. The van der Waals surface area contributed by atoms with Crippen LogP contribution in [0.4, 0.5) is 0 Å². The minimum Gasteiger partial charge on any atom is -0.323 e. The van der Waals surface area contributed by atoms with Crippen molar-refractivity contribution in [2.24, 2.45) is 11.8 Å². The van der Waals surface area contributed by atoms with E-state index in [1.165, 1.54) is 19.3 Å². The predicted octanol–water partition coefficient (Wildman–Crippen LogP) is 2.86. The van der Waals surface area contributed by atoms with Gasteiger partial charge in [-0.3, -0.25) is 4.68 Å². The summed E-state index contributed by atoms with van der Waals surface area (Å²) in [6, 6.07) is 4.76. The van der Waals surface area contributed by atoms with Crippen molar-refractivity contribution in [3.63, 3.8) is 0 Å². The number of rotatable bonds is 2. The summed E-state index contributed by atoms with van der Waals surface area (Å²) in [6.45, 7) is 4.74. The predicted molar refractivity (Wildman–Crippen MR) is 59.8 cm³/mol. The molecule has 0 radical (unpaired) electrons. The second-order valence-electron chi connectivity index (χ2n) is 4.59. The Kier molecular flexibility index (Phi) is 2.80. The Hall–Kier alpha value is -0.920. The van der Waals surface area contributed by atoms with Gasteiger partial charge in [-0.15, -0.1) is 0 Å². The first kappa shape index (κ1) is 9.63. The maximum atomic E-state index is 3.56. The van der Waals surface area contributed by atoms with Crippen LogP contribution >= 0.6 is 0 Å². The van der Waals surface area contributed by atoms with Gasteiger partial charge >= 0.3 is 0 Å². The van der Waals surface area contributed by atoms with Gasteiger partial charge in [0.25, 0.3) is 0 Å². The van der Waals surface area contributed by atoms with E-state index in [-0.39, 0.29) is 0 Å². The molecular weight excluding hydrogens is 172 g/mol. The lowest BCUT2D eigenvalue weighted by molar-refractivity contribution is 0.243. The average Bonchev–Trinajstić information content (AvgIpc) is 2.66. The molecule has 1 heterocycles. The molecule has 0 saturated heterocycles. The van der Waals surface area contributed by atoms with Crippen LogP contribution in [0.25, 0.3) is 0 Å². The molecule has 1 N–H and O–H groups in total. The molecule has 2 rings (SSSR count). The Balaban J connectivity index is 1.97. The molecule has 0 bridgehead atoms. The van der Waals surface area contributed by atoms with Crippen molar-refractivity contribution < 1.29 is 0 Å². The molecule has 0 aliphatic heterocycles. The lowest BCUT2D eigenvalue weighted by atomic mass is 9.78. The summed E-state index contributed by atoms with van der Waals surface area (Å²) in [5, 5.41) is 0. The topological polar surface area (TPSA) is 17.0 Å². The molecular formula is C12H20N2. The number of hydrogen-bond acceptors (Lipinski definition) is 1. The van der Waals surface area contributed by atoms with Crippen molar-refractivity contribution in [2.75, 3.05) is 5.43 Å². The molecule has 0 spiro atoms. The molecule has 78 valence electrons. The lowest BCUT2D eigenvalue weighted by Crippen LogP contribution is -2.38. The van der Waals surface area contributed by atoms with Gasteiger partial charge in [-0.05, 0) is 30.4 Å². The molecule has 0 aromatic carbocycles. The van der Waals surface area contributed by atoms with E-state index in [9.17, 15) is 0 Å². The van der Waals surface area contributed by atoms with Gasteiger partial charge in [-0.2, -0.15) is 0 Å². The zero-order chi connectivity index (χ0) is 9.97. The highest BCUT2D eigenvalue weighted by Gasteiger charge is 2.26. The Labute approximate surface area is 86.3 Å². The second kappa shape index (κ2) is 4.07. The van der Waals surface area contributed by atoms with E-state index in [1.807, 2.05) is 0 Å². The lowest BCUT2D eigenvalue weighted by Gasteiger charge is -2.35. The first-order valence-corrected chi connectivity index (χ1v) is 5.67. The minimum absolute atomic E-state index is 0.645. The standard InChI is InChI=1S/C12H20N2/c1-10-6-5-7-12(11(10)2)13-14-8-3-4-9-14/h3-4,8-13H,5-7H2,1-2H3. The van der Waals surface area contributed by atoms with Crippen molar-refractivity contribution in [3.8, 4) is 0 Å². The zero-order valence-corrected chi connectivity index (χ0v) is 9.11. The molecule has 1 fully saturated rings. The van der Waals surface area contributed by atoms with Crippen LogP contribution in [0.2, 0.25) is 0 Å². The third kappa shape index (κ3) is 1.94. The van der Waals surface area contributed by atoms with Gasteiger partial charge in [0.05, 0.1) is 0 Å². The molecule has 14 heavy (non-hydrogen) atoms. The van der Waals surface area contributed by atoms with Crippen LogP contribution in [0.1, 0.15) is 33.1 Å². The van der Waals surface area contributed by atoms with Crippen LogP contribution in [0.3, 0.4) is 0 Å². The quantitative estimate of drug-likeness (QED) is 0.762. The van der Waals surface area contributed by atoms with Gasteiger partial charge in [0.2, 0.25) is 0 Å². The van der Waals surface area contributed by atoms with E-state index in [0.29, 0.717) is 6.04 Å².